The van der Waals surface area contributed by atoms with Crippen molar-refractivity contribution in [1.29, 1.82) is 5.41 Å². The molecular formula is C24H25ClFN5O3. The van der Waals surface area contributed by atoms with Crippen LogP contribution in [0, 0.1) is 12.3 Å². The quantitative estimate of drug-likeness (QED) is 0.329. The van der Waals surface area contributed by atoms with E-state index < -0.39 is 23.9 Å². The Morgan fingerprint density at radius 2 is 2.12 bits per heavy atom. The zero-order valence-electron chi connectivity index (χ0n) is 18.9. The van der Waals surface area contributed by atoms with E-state index in [1.54, 1.807) is 31.3 Å². The van der Waals surface area contributed by atoms with E-state index in [0.717, 1.165) is 6.20 Å². The lowest BCUT2D eigenvalue weighted by Gasteiger charge is -2.20. The fourth-order valence-corrected chi connectivity index (χ4v) is 3.56. The highest BCUT2D eigenvalue weighted by atomic mass is 35.5. The van der Waals surface area contributed by atoms with Gasteiger partial charge in [0, 0.05) is 46.5 Å². The average molecular weight is 486 g/mol. The van der Waals surface area contributed by atoms with Gasteiger partial charge in [-0.2, -0.15) is 0 Å². The van der Waals surface area contributed by atoms with E-state index in [4.69, 9.17) is 21.7 Å². The highest BCUT2D eigenvalue weighted by molar-refractivity contribution is 6.31. The summed E-state index contributed by atoms with van der Waals surface area (Å²) in [6.07, 6.45) is 3.64. The van der Waals surface area contributed by atoms with Crippen LogP contribution < -0.4 is 15.4 Å². The number of ether oxygens (including phenoxy) is 1. The van der Waals surface area contributed by atoms with E-state index in [9.17, 15) is 14.3 Å². The molecule has 34 heavy (non-hydrogen) atoms. The van der Waals surface area contributed by atoms with Crippen LogP contribution in [0.2, 0.25) is 5.02 Å². The van der Waals surface area contributed by atoms with Crippen LogP contribution in [0.4, 0.5) is 10.1 Å². The maximum atomic E-state index is 13.4. The first kappa shape index (κ1) is 25.1. The number of fused-ring (bicyclic) bond motifs is 1. The normalized spacial score (nSPS) is 13.3. The minimum Gasteiger partial charge on any atom is -0.487 e. The molecule has 0 saturated carbocycles. The van der Waals surface area contributed by atoms with Crippen LogP contribution in [0.5, 0.6) is 5.75 Å². The van der Waals surface area contributed by atoms with Crippen molar-refractivity contribution in [3.8, 4) is 5.75 Å². The predicted octanol–water partition coefficient (Wildman–Crippen LogP) is 4.60. The number of pyridine rings is 2. The van der Waals surface area contributed by atoms with Gasteiger partial charge in [-0.25, -0.2) is 9.37 Å². The molecule has 0 spiro atoms. The molecule has 0 aliphatic carbocycles. The number of anilines is 1. The Labute approximate surface area is 201 Å². The van der Waals surface area contributed by atoms with Crippen molar-refractivity contribution in [3.63, 3.8) is 0 Å². The van der Waals surface area contributed by atoms with Crippen molar-refractivity contribution in [1.82, 2.24) is 15.3 Å². The molecule has 3 rings (SSSR count). The number of nitrogens with one attached hydrogen (secondary N) is 3. The highest BCUT2D eigenvalue weighted by Crippen LogP contribution is 2.32. The Kier molecular flexibility index (Phi) is 8.14. The molecule has 2 atom stereocenters. The lowest BCUT2D eigenvalue weighted by Crippen LogP contribution is -2.34. The van der Waals surface area contributed by atoms with Gasteiger partial charge in [-0.3, -0.25) is 9.78 Å². The molecule has 0 aliphatic heterocycles. The second-order valence-corrected chi connectivity index (χ2v) is 8.07. The molecule has 3 aromatic rings. The third-order valence-electron chi connectivity index (χ3n) is 5.05. The number of aromatic nitrogens is 2. The van der Waals surface area contributed by atoms with Gasteiger partial charge in [0.2, 0.25) is 5.91 Å². The summed E-state index contributed by atoms with van der Waals surface area (Å²) >= 11 is 6.40. The Balaban J connectivity index is 1.92. The van der Waals surface area contributed by atoms with E-state index in [1.165, 1.54) is 13.1 Å². The second-order valence-electron chi connectivity index (χ2n) is 7.67. The fourth-order valence-electron chi connectivity index (χ4n) is 3.34. The average Bonchev–Trinajstić information content (AvgIpc) is 2.81. The first-order chi connectivity index (χ1) is 16.2. The van der Waals surface area contributed by atoms with Gasteiger partial charge < -0.3 is 25.9 Å². The largest absolute Gasteiger partial charge is 0.487 e. The minimum absolute atomic E-state index is 0.0748. The molecule has 1 amide bonds. The lowest BCUT2D eigenvalue weighted by molar-refractivity contribution is -0.129. The Morgan fingerprint density at radius 3 is 2.82 bits per heavy atom. The van der Waals surface area contributed by atoms with Gasteiger partial charge in [0.05, 0.1) is 17.3 Å². The molecule has 2 heterocycles. The Morgan fingerprint density at radius 1 is 1.35 bits per heavy atom. The molecule has 1 aromatic carbocycles. The number of amides is 1. The van der Waals surface area contributed by atoms with E-state index in [-0.39, 0.29) is 6.61 Å². The van der Waals surface area contributed by atoms with Crippen molar-refractivity contribution in [2.24, 2.45) is 0 Å². The molecule has 0 radical (unpaired) electrons. The standard InChI is InChI=1S/C24H25ClFN5O3/c1-13-7-21(29-9-16(26)8-27)17-5-4-6-22(23(17)30-13)34-12-19-18(10-28-11-20(19)25)14(2)31-24(33)15(3)32/h4-11,14-15,27,32H,12H2,1-3H3,(H,29,30)(H,31,33)/b16-9+,27-8?. The van der Waals surface area contributed by atoms with Gasteiger partial charge in [0.1, 0.15) is 24.0 Å². The summed E-state index contributed by atoms with van der Waals surface area (Å²) in [5.74, 6) is -0.742. The van der Waals surface area contributed by atoms with Crippen LogP contribution in [-0.4, -0.2) is 33.3 Å². The van der Waals surface area contributed by atoms with Crippen molar-refractivity contribution in [2.45, 2.75) is 39.5 Å². The van der Waals surface area contributed by atoms with Gasteiger partial charge >= 0.3 is 0 Å². The van der Waals surface area contributed by atoms with Crippen molar-refractivity contribution in [2.75, 3.05) is 5.32 Å². The zero-order valence-corrected chi connectivity index (χ0v) is 19.7. The number of allylic oxidation sites excluding steroid dienone is 1. The molecule has 0 fully saturated rings. The van der Waals surface area contributed by atoms with Crippen LogP contribution >= 0.6 is 11.6 Å². The molecule has 178 valence electrons. The molecule has 0 saturated heterocycles. The smallest absolute Gasteiger partial charge is 0.249 e. The summed E-state index contributed by atoms with van der Waals surface area (Å²) < 4.78 is 19.5. The van der Waals surface area contributed by atoms with Crippen LogP contribution in [0.15, 0.2) is 48.7 Å². The molecule has 0 aliphatic rings. The van der Waals surface area contributed by atoms with Gasteiger partial charge in [0.15, 0.2) is 5.83 Å². The van der Waals surface area contributed by atoms with Crippen LogP contribution in [0.25, 0.3) is 10.9 Å². The van der Waals surface area contributed by atoms with Crippen molar-refractivity contribution < 1.29 is 19.0 Å². The van der Waals surface area contributed by atoms with Crippen LogP contribution in [0.1, 0.15) is 36.7 Å². The first-order valence-electron chi connectivity index (χ1n) is 10.5. The number of nitrogens with zero attached hydrogens (tertiary/aromatic N) is 2. The first-order valence-corrected chi connectivity index (χ1v) is 10.9. The van der Waals surface area contributed by atoms with Gasteiger partial charge in [-0.15, -0.1) is 0 Å². The number of aliphatic hydroxyl groups is 1. The number of aliphatic hydroxyl groups excluding tert-OH is 1. The van der Waals surface area contributed by atoms with E-state index in [0.29, 0.717) is 50.4 Å². The molecule has 4 N–H and O–H groups in total. The SMILES string of the molecule is Cc1cc(N/C=C(/F)C=N)c2cccc(OCc3c(Cl)cncc3C(C)NC(=O)C(C)O)c2n1. The predicted molar refractivity (Wildman–Crippen MR) is 130 cm³/mol. The van der Waals surface area contributed by atoms with E-state index in [1.807, 2.05) is 13.0 Å². The molecule has 2 aromatic heterocycles. The third kappa shape index (κ3) is 5.86. The number of aryl methyl sites for hydroxylation is 1. The minimum atomic E-state index is -1.15. The summed E-state index contributed by atoms with van der Waals surface area (Å²) in [4.78, 5) is 20.6. The summed E-state index contributed by atoms with van der Waals surface area (Å²) in [7, 11) is 0. The number of benzene rings is 1. The lowest BCUT2D eigenvalue weighted by atomic mass is 10.0. The number of carbonyl (C=O) groups is 1. The van der Waals surface area contributed by atoms with Gasteiger partial charge in [-0.05, 0) is 32.9 Å². The number of carbonyl (C=O) groups excluding carboxylic acids is 1. The molecule has 0 bridgehead atoms. The summed E-state index contributed by atoms with van der Waals surface area (Å²) in [5.41, 5.74) is 3.15. The third-order valence-corrected chi connectivity index (χ3v) is 5.37. The van der Waals surface area contributed by atoms with Crippen LogP contribution in [-0.2, 0) is 11.4 Å². The van der Waals surface area contributed by atoms with E-state index in [2.05, 4.69) is 20.6 Å². The van der Waals surface area contributed by atoms with E-state index >= 15 is 0 Å². The fraction of sp³-hybridized carbons (Fsp3) is 0.250. The summed E-state index contributed by atoms with van der Waals surface area (Å²) in [6, 6.07) is 6.68. The van der Waals surface area contributed by atoms with Crippen molar-refractivity contribution >= 4 is 40.3 Å². The molecule has 2 unspecified atom stereocenters. The van der Waals surface area contributed by atoms with Crippen molar-refractivity contribution in [3.05, 3.63) is 70.5 Å². The summed E-state index contributed by atoms with van der Waals surface area (Å²) in [5, 5.41) is 23.1. The number of para-hydroxylation sites is 1. The monoisotopic (exact) mass is 485 g/mol. The van der Waals surface area contributed by atoms with Gasteiger partial charge in [0.25, 0.3) is 0 Å². The molecular weight excluding hydrogens is 461 g/mol. The topological polar surface area (TPSA) is 120 Å². The van der Waals surface area contributed by atoms with Crippen LogP contribution in [0.3, 0.4) is 0 Å². The maximum Gasteiger partial charge on any atom is 0.249 e. The van der Waals surface area contributed by atoms with Gasteiger partial charge in [-0.1, -0.05) is 23.7 Å². The number of rotatable bonds is 9. The number of halogens is 2. The zero-order chi connectivity index (χ0) is 24.8. The highest BCUT2D eigenvalue weighted by Gasteiger charge is 2.19. The number of hydrogen-bond donors (Lipinski definition) is 4. The molecule has 8 nitrogen and oxygen atoms in total. The second kappa shape index (κ2) is 11.0. The summed E-state index contributed by atoms with van der Waals surface area (Å²) in [6.45, 7) is 5.03. The molecule has 10 heteroatoms. The maximum absolute atomic E-state index is 13.4. The Bertz CT molecular complexity index is 1250. The Hall–Kier alpha value is -3.56. The number of hydrogen-bond acceptors (Lipinski definition) is 7.